The van der Waals surface area contributed by atoms with Crippen molar-refractivity contribution in [3.05, 3.63) is 54.0 Å². The van der Waals surface area contributed by atoms with Gasteiger partial charge in [0.2, 0.25) is 0 Å². The second-order valence-corrected chi connectivity index (χ2v) is 5.51. The molecule has 25 heavy (non-hydrogen) atoms. The lowest BCUT2D eigenvalue weighted by atomic mass is 9.98. The molecule has 1 atom stereocenters. The third-order valence-corrected chi connectivity index (χ3v) is 3.92. The third-order valence-electron chi connectivity index (χ3n) is 3.92. The Morgan fingerprint density at radius 1 is 1.16 bits per heavy atom. The average Bonchev–Trinajstić information content (AvgIpc) is 3.03. The van der Waals surface area contributed by atoms with E-state index < -0.39 is 0 Å². The molecule has 3 aromatic rings. The summed E-state index contributed by atoms with van der Waals surface area (Å²) in [4.78, 5) is 16.1. The molecule has 1 unspecified atom stereocenters. The fraction of sp³-hybridized carbons (Fsp3) is 0.350. The zero-order valence-electron chi connectivity index (χ0n) is 15.5. The topological polar surface area (TPSA) is 56.5 Å². The first kappa shape index (κ1) is 18.6. The molecule has 0 spiro atoms. The van der Waals surface area contributed by atoms with Gasteiger partial charge in [0.1, 0.15) is 0 Å². The molecule has 2 aromatic heterocycles. The molecule has 0 radical (unpaired) electrons. The fourth-order valence-electron chi connectivity index (χ4n) is 2.52. The maximum absolute atomic E-state index is 11.8. The van der Waals surface area contributed by atoms with Gasteiger partial charge in [-0.2, -0.15) is 5.10 Å². The molecule has 0 amide bonds. The van der Waals surface area contributed by atoms with Gasteiger partial charge in [-0.1, -0.05) is 38.1 Å². The number of esters is 1. The van der Waals surface area contributed by atoms with E-state index in [2.05, 4.69) is 10.1 Å². The highest BCUT2D eigenvalue weighted by molar-refractivity contribution is 5.78. The predicted molar refractivity (Wildman–Crippen MR) is 99.6 cm³/mol. The first-order chi connectivity index (χ1) is 12.1. The molecule has 5 heteroatoms. The smallest absolute Gasteiger partial charge is 0.313 e. The molecule has 0 aliphatic heterocycles. The van der Waals surface area contributed by atoms with Crippen molar-refractivity contribution < 1.29 is 9.53 Å². The number of nitrogens with zero attached hydrogens (tertiary/aromatic N) is 3. The fourth-order valence-corrected chi connectivity index (χ4v) is 2.52. The number of hydrogen-bond donors (Lipinski definition) is 0. The van der Waals surface area contributed by atoms with Crippen molar-refractivity contribution >= 4 is 11.6 Å². The minimum Gasteiger partial charge on any atom is -0.466 e. The predicted octanol–water partition coefficient (Wildman–Crippen LogP) is 4.40. The lowest BCUT2D eigenvalue weighted by Crippen LogP contribution is -2.12. The summed E-state index contributed by atoms with van der Waals surface area (Å²) in [6.07, 6.45) is 3.63. The number of aryl methyl sites for hydroxylation is 1. The van der Waals surface area contributed by atoms with Crippen LogP contribution < -0.4 is 0 Å². The molecule has 0 aliphatic carbocycles. The van der Waals surface area contributed by atoms with E-state index in [1.165, 1.54) is 0 Å². The molecule has 0 fully saturated rings. The summed E-state index contributed by atoms with van der Waals surface area (Å²) in [5.41, 5.74) is 4.81. The Labute approximate surface area is 148 Å². The SMILES string of the molecule is CC.CCOC(=O)C(C)c1ccc(-c2cnn3c(C)cnc3c2)cc1. The van der Waals surface area contributed by atoms with Crippen LogP contribution in [0.25, 0.3) is 16.8 Å². The Hall–Kier alpha value is -2.69. The van der Waals surface area contributed by atoms with E-state index in [4.69, 9.17) is 4.74 Å². The number of imidazole rings is 1. The Balaban J connectivity index is 0.00000109. The molecule has 0 N–H and O–H groups in total. The van der Waals surface area contributed by atoms with Crippen LogP contribution in [0.4, 0.5) is 0 Å². The van der Waals surface area contributed by atoms with Gasteiger partial charge < -0.3 is 4.74 Å². The summed E-state index contributed by atoms with van der Waals surface area (Å²) >= 11 is 0. The standard InChI is InChI=1S/C18H19N3O2.C2H6/c1-4-23-18(22)13(3)14-5-7-15(8-6-14)16-9-17-19-10-12(2)21(17)20-11-16;1-2/h5-11,13H,4H2,1-3H3;1-2H3. The van der Waals surface area contributed by atoms with Crippen LogP contribution in [0.15, 0.2) is 42.7 Å². The third kappa shape index (κ3) is 4.05. The van der Waals surface area contributed by atoms with Crippen molar-refractivity contribution in [3.63, 3.8) is 0 Å². The summed E-state index contributed by atoms with van der Waals surface area (Å²) in [6, 6.07) is 9.91. The summed E-state index contributed by atoms with van der Waals surface area (Å²) in [5, 5.41) is 4.41. The van der Waals surface area contributed by atoms with E-state index in [1.54, 1.807) is 10.7 Å². The number of ether oxygens (including phenoxy) is 1. The lowest BCUT2D eigenvalue weighted by Gasteiger charge is -2.11. The molecule has 132 valence electrons. The van der Waals surface area contributed by atoms with E-state index >= 15 is 0 Å². The largest absolute Gasteiger partial charge is 0.466 e. The maximum atomic E-state index is 11.8. The molecule has 3 rings (SSSR count). The van der Waals surface area contributed by atoms with Crippen LogP contribution in [0.5, 0.6) is 0 Å². The van der Waals surface area contributed by atoms with Gasteiger partial charge in [-0.3, -0.25) is 4.79 Å². The van der Waals surface area contributed by atoms with Gasteiger partial charge in [-0.25, -0.2) is 9.50 Å². The first-order valence-electron chi connectivity index (χ1n) is 8.67. The van der Waals surface area contributed by atoms with Crippen LogP contribution in [0, 0.1) is 6.92 Å². The number of rotatable bonds is 4. The molecule has 0 saturated carbocycles. The summed E-state index contributed by atoms with van der Waals surface area (Å²) < 4.78 is 6.87. The average molecular weight is 339 g/mol. The molecule has 5 nitrogen and oxygen atoms in total. The van der Waals surface area contributed by atoms with Crippen molar-refractivity contribution in [1.82, 2.24) is 14.6 Å². The number of benzene rings is 1. The van der Waals surface area contributed by atoms with Crippen LogP contribution in [0.2, 0.25) is 0 Å². The summed E-state index contributed by atoms with van der Waals surface area (Å²) in [7, 11) is 0. The van der Waals surface area contributed by atoms with E-state index in [1.807, 2.05) is 71.1 Å². The molecule has 0 saturated heterocycles. The van der Waals surface area contributed by atoms with Crippen molar-refractivity contribution in [2.24, 2.45) is 0 Å². The van der Waals surface area contributed by atoms with Gasteiger partial charge in [-0.15, -0.1) is 0 Å². The van der Waals surface area contributed by atoms with E-state index in [0.29, 0.717) is 6.61 Å². The highest BCUT2D eigenvalue weighted by Gasteiger charge is 2.16. The molecular formula is C20H25N3O2. The number of carbonyl (C=O) groups is 1. The Morgan fingerprint density at radius 3 is 2.48 bits per heavy atom. The number of carbonyl (C=O) groups excluding carboxylic acids is 1. The van der Waals surface area contributed by atoms with Gasteiger partial charge in [0.15, 0.2) is 5.65 Å². The van der Waals surface area contributed by atoms with Crippen LogP contribution in [0.1, 0.15) is 44.9 Å². The van der Waals surface area contributed by atoms with Gasteiger partial charge in [0.05, 0.1) is 30.6 Å². The van der Waals surface area contributed by atoms with E-state index in [-0.39, 0.29) is 11.9 Å². The first-order valence-corrected chi connectivity index (χ1v) is 8.67. The second-order valence-electron chi connectivity index (χ2n) is 5.51. The van der Waals surface area contributed by atoms with E-state index in [0.717, 1.165) is 28.0 Å². The molecule has 2 heterocycles. The Bertz CT molecular complexity index is 838. The molecule has 1 aromatic carbocycles. The van der Waals surface area contributed by atoms with Gasteiger partial charge >= 0.3 is 5.97 Å². The molecular weight excluding hydrogens is 314 g/mol. The normalized spacial score (nSPS) is 11.6. The summed E-state index contributed by atoms with van der Waals surface area (Å²) in [6.45, 7) is 10.0. The zero-order valence-corrected chi connectivity index (χ0v) is 15.5. The van der Waals surface area contributed by atoms with E-state index in [9.17, 15) is 4.79 Å². The maximum Gasteiger partial charge on any atom is 0.313 e. The minimum atomic E-state index is -0.264. The monoisotopic (exact) mass is 339 g/mol. The van der Waals surface area contributed by atoms with Crippen molar-refractivity contribution in [3.8, 4) is 11.1 Å². The summed E-state index contributed by atoms with van der Waals surface area (Å²) in [5.74, 6) is -0.462. The second kappa shape index (κ2) is 8.42. The Kier molecular flexibility index (Phi) is 6.28. The van der Waals surface area contributed by atoms with Crippen LogP contribution in [-0.4, -0.2) is 27.2 Å². The van der Waals surface area contributed by atoms with Crippen LogP contribution in [0.3, 0.4) is 0 Å². The lowest BCUT2D eigenvalue weighted by molar-refractivity contribution is -0.144. The quantitative estimate of drug-likeness (QED) is 0.661. The zero-order chi connectivity index (χ0) is 18.4. The molecule has 0 aliphatic rings. The van der Waals surface area contributed by atoms with Crippen molar-refractivity contribution in [2.75, 3.05) is 6.61 Å². The van der Waals surface area contributed by atoms with Crippen LogP contribution >= 0.6 is 0 Å². The van der Waals surface area contributed by atoms with Crippen molar-refractivity contribution in [1.29, 1.82) is 0 Å². The molecule has 0 bridgehead atoms. The van der Waals surface area contributed by atoms with Crippen molar-refractivity contribution in [2.45, 2.75) is 40.5 Å². The number of aromatic nitrogens is 3. The number of hydrogen-bond acceptors (Lipinski definition) is 4. The van der Waals surface area contributed by atoms with Crippen LogP contribution in [-0.2, 0) is 9.53 Å². The highest BCUT2D eigenvalue weighted by Crippen LogP contribution is 2.24. The number of fused-ring (bicyclic) bond motifs is 1. The van der Waals surface area contributed by atoms with Gasteiger partial charge in [0.25, 0.3) is 0 Å². The Morgan fingerprint density at radius 2 is 1.84 bits per heavy atom. The highest BCUT2D eigenvalue weighted by atomic mass is 16.5. The minimum absolute atomic E-state index is 0.198. The van der Waals surface area contributed by atoms with Gasteiger partial charge in [-0.05, 0) is 38.0 Å². The van der Waals surface area contributed by atoms with Gasteiger partial charge in [0, 0.05) is 5.56 Å².